The lowest BCUT2D eigenvalue weighted by atomic mass is 9.85. The Morgan fingerprint density at radius 2 is 2.04 bits per heavy atom. The standard InChI is InChI=1S/C17H24N2O4S2/c1-11-16(13(3)23-19-11)25(21,22)18-10-17(8-4-5-9-17)15-7-6-14(24-15)12(2)20/h6-7,12,18,20H,4-5,8-10H2,1-3H3/t12-/m0/s1. The molecule has 1 aliphatic rings. The van der Waals surface area contributed by atoms with Crippen LogP contribution in [0.25, 0.3) is 0 Å². The number of hydrogen-bond acceptors (Lipinski definition) is 6. The van der Waals surface area contributed by atoms with Crippen molar-refractivity contribution in [2.75, 3.05) is 6.54 Å². The van der Waals surface area contributed by atoms with Crippen LogP contribution in [0, 0.1) is 13.8 Å². The maximum absolute atomic E-state index is 12.7. The molecule has 0 unspecified atom stereocenters. The van der Waals surface area contributed by atoms with Crippen LogP contribution in [-0.2, 0) is 15.4 Å². The first kappa shape index (κ1) is 18.6. The van der Waals surface area contributed by atoms with Crippen molar-refractivity contribution in [1.82, 2.24) is 9.88 Å². The minimum absolute atomic E-state index is 0.136. The molecule has 0 amide bonds. The fourth-order valence-corrected chi connectivity index (χ4v) is 6.23. The Bertz CT molecular complexity index is 826. The fraction of sp³-hybridized carbons (Fsp3) is 0.588. The van der Waals surface area contributed by atoms with Crippen molar-refractivity contribution >= 4 is 21.4 Å². The van der Waals surface area contributed by atoms with Crippen LogP contribution in [0.2, 0.25) is 0 Å². The highest BCUT2D eigenvalue weighted by Gasteiger charge is 2.39. The van der Waals surface area contributed by atoms with Crippen molar-refractivity contribution in [3.8, 4) is 0 Å². The van der Waals surface area contributed by atoms with Crippen LogP contribution in [-0.4, -0.2) is 25.2 Å². The topological polar surface area (TPSA) is 92.4 Å². The Balaban J connectivity index is 1.85. The van der Waals surface area contributed by atoms with Crippen molar-refractivity contribution in [3.05, 3.63) is 33.3 Å². The van der Waals surface area contributed by atoms with Gasteiger partial charge >= 0.3 is 0 Å². The average molecular weight is 385 g/mol. The van der Waals surface area contributed by atoms with Gasteiger partial charge < -0.3 is 9.63 Å². The molecule has 25 heavy (non-hydrogen) atoms. The highest BCUT2D eigenvalue weighted by atomic mass is 32.2. The number of rotatable bonds is 6. The van der Waals surface area contributed by atoms with Gasteiger partial charge in [-0.25, -0.2) is 13.1 Å². The molecule has 6 nitrogen and oxygen atoms in total. The predicted octanol–water partition coefficient (Wildman–Crippen LogP) is 3.20. The molecule has 2 heterocycles. The molecule has 138 valence electrons. The lowest BCUT2D eigenvalue weighted by molar-refractivity contribution is 0.203. The minimum atomic E-state index is -3.67. The summed E-state index contributed by atoms with van der Waals surface area (Å²) in [6, 6.07) is 3.97. The summed E-state index contributed by atoms with van der Waals surface area (Å²) in [4.78, 5) is 2.19. The zero-order valence-corrected chi connectivity index (χ0v) is 16.3. The number of aromatic nitrogens is 1. The monoisotopic (exact) mass is 384 g/mol. The molecular formula is C17H24N2O4S2. The van der Waals surface area contributed by atoms with E-state index in [0.29, 0.717) is 18.0 Å². The van der Waals surface area contributed by atoms with Crippen molar-refractivity contribution in [3.63, 3.8) is 0 Å². The zero-order chi connectivity index (χ0) is 18.2. The molecule has 2 N–H and O–H groups in total. The average Bonchev–Trinajstić information content (AvgIpc) is 3.25. The van der Waals surface area contributed by atoms with Gasteiger partial charge in [0.1, 0.15) is 10.6 Å². The van der Waals surface area contributed by atoms with E-state index in [0.717, 1.165) is 35.4 Å². The van der Waals surface area contributed by atoms with Crippen LogP contribution in [0.5, 0.6) is 0 Å². The van der Waals surface area contributed by atoms with E-state index in [1.165, 1.54) is 0 Å². The maximum atomic E-state index is 12.7. The third-order valence-corrected chi connectivity index (χ3v) is 8.11. The highest BCUT2D eigenvalue weighted by Crippen LogP contribution is 2.44. The van der Waals surface area contributed by atoms with Gasteiger partial charge in [0.05, 0.1) is 6.10 Å². The number of hydrogen-bond donors (Lipinski definition) is 2. The summed E-state index contributed by atoms with van der Waals surface area (Å²) in [7, 11) is -3.67. The third-order valence-electron chi connectivity index (χ3n) is 4.96. The Labute approximate surface area is 152 Å². The first-order chi connectivity index (χ1) is 11.8. The van der Waals surface area contributed by atoms with E-state index in [-0.39, 0.29) is 10.3 Å². The van der Waals surface area contributed by atoms with E-state index in [2.05, 4.69) is 9.88 Å². The summed E-state index contributed by atoms with van der Waals surface area (Å²) in [6.07, 6.45) is 3.54. The van der Waals surface area contributed by atoms with Gasteiger partial charge in [-0.15, -0.1) is 11.3 Å². The number of aliphatic hydroxyl groups excluding tert-OH is 1. The van der Waals surface area contributed by atoms with Gasteiger partial charge in [-0.05, 0) is 45.7 Å². The molecule has 2 aromatic heterocycles. The molecule has 0 bridgehead atoms. The van der Waals surface area contributed by atoms with Crippen LogP contribution >= 0.6 is 11.3 Å². The molecule has 3 rings (SSSR count). The number of thiophene rings is 1. The molecule has 1 fully saturated rings. The van der Waals surface area contributed by atoms with Crippen LogP contribution in [0.3, 0.4) is 0 Å². The number of aliphatic hydroxyl groups is 1. The molecular weight excluding hydrogens is 360 g/mol. The van der Waals surface area contributed by atoms with Crippen LogP contribution in [0.15, 0.2) is 21.6 Å². The summed E-state index contributed by atoms with van der Waals surface area (Å²) < 4.78 is 33.2. The number of sulfonamides is 1. The molecule has 0 saturated heterocycles. The van der Waals surface area contributed by atoms with E-state index in [4.69, 9.17) is 4.52 Å². The second-order valence-corrected chi connectivity index (χ2v) is 9.66. The summed E-state index contributed by atoms with van der Waals surface area (Å²) in [5.41, 5.74) is 0.169. The number of aryl methyl sites for hydroxylation is 2. The summed E-state index contributed by atoms with van der Waals surface area (Å²) in [6.45, 7) is 5.33. The lowest BCUT2D eigenvalue weighted by Gasteiger charge is -2.28. The second kappa shape index (κ2) is 6.83. The quantitative estimate of drug-likeness (QED) is 0.798. The van der Waals surface area contributed by atoms with Gasteiger partial charge in [0, 0.05) is 21.7 Å². The second-order valence-electron chi connectivity index (χ2n) is 6.84. The molecule has 0 aliphatic heterocycles. The van der Waals surface area contributed by atoms with Gasteiger partial charge in [-0.1, -0.05) is 18.0 Å². The van der Waals surface area contributed by atoms with E-state index < -0.39 is 16.1 Å². The Morgan fingerprint density at radius 1 is 1.36 bits per heavy atom. The third kappa shape index (κ3) is 3.53. The number of nitrogens with one attached hydrogen (secondary N) is 1. The summed E-state index contributed by atoms with van der Waals surface area (Å²) in [5, 5.41) is 13.5. The molecule has 0 radical (unpaired) electrons. The fourth-order valence-electron chi connectivity index (χ4n) is 3.59. The van der Waals surface area contributed by atoms with E-state index >= 15 is 0 Å². The van der Waals surface area contributed by atoms with Crippen molar-refractivity contribution in [2.24, 2.45) is 0 Å². The summed E-state index contributed by atoms with van der Waals surface area (Å²) >= 11 is 1.58. The Morgan fingerprint density at radius 3 is 2.56 bits per heavy atom. The molecule has 1 aliphatic carbocycles. The van der Waals surface area contributed by atoms with Gasteiger partial charge in [0.2, 0.25) is 10.0 Å². The van der Waals surface area contributed by atoms with Crippen molar-refractivity contribution in [1.29, 1.82) is 0 Å². The van der Waals surface area contributed by atoms with E-state index in [1.807, 2.05) is 12.1 Å². The van der Waals surface area contributed by atoms with Crippen molar-refractivity contribution < 1.29 is 18.0 Å². The van der Waals surface area contributed by atoms with Crippen LogP contribution in [0.4, 0.5) is 0 Å². The van der Waals surface area contributed by atoms with Gasteiger partial charge in [0.15, 0.2) is 5.76 Å². The smallest absolute Gasteiger partial charge is 0.245 e. The van der Waals surface area contributed by atoms with Gasteiger partial charge in [-0.3, -0.25) is 0 Å². The molecule has 2 aromatic rings. The first-order valence-corrected chi connectivity index (χ1v) is 10.8. The normalized spacial score (nSPS) is 18.6. The van der Waals surface area contributed by atoms with Crippen LogP contribution in [0.1, 0.15) is 59.9 Å². The predicted molar refractivity (Wildman–Crippen MR) is 96.3 cm³/mol. The molecule has 1 saturated carbocycles. The minimum Gasteiger partial charge on any atom is -0.388 e. The maximum Gasteiger partial charge on any atom is 0.245 e. The van der Waals surface area contributed by atoms with E-state index in [9.17, 15) is 13.5 Å². The molecule has 0 aromatic carbocycles. The van der Waals surface area contributed by atoms with E-state index in [1.54, 1.807) is 32.1 Å². The summed E-state index contributed by atoms with van der Waals surface area (Å²) in [5.74, 6) is 0.304. The Hall–Kier alpha value is -1.22. The van der Waals surface area contributed by atoms with Crippen LogP contribution < -0.4 is 4.72 Å². The number of nitrogens with zero attached hydrogens (tertiary/aromatic N) is 1. The molecule has 8 heteroatoms. The zero-order valence-electron chi connectivity index (χ0n) is 14.7. The van der Waals surface area contributed by atoms with Gasteiger partial charge in [0.25, 0.3) is 0 Å². The van der Waals surface area contributed by atoms with Gasteiger partial charge in [-0.2, -0.15) is 0 Å². The Kier molecular flexibility index (Phi) is 5.07. The first-order valence-electron chi connectivity index (χ1n) is 8.46. The van der Waals surface area contributed by atoms with Crippen molar-refractivity contribution in [2.45, 2.75) is 62.9 Å². The lowest BCUT2D eigenvalue weighted by Crippen LogP contribution is -2.38. The SMILES string of the molecule is Cc1noc(C)c1S(=O)(=O)NCC1(c2ccc([C@H](C)O)s2)CCCC1. The highest BCUT2D eigenvalue weighted by molar-refractivity contribution is 7.89. The molecule has 0 spiro atoms. The molecule has 1 atom stereocenters. The largest absolute Gasteiger partial charge is 0.388 e.